The third-order valence-corrected chi connectivity index (χ3v) is 3.84. The molecule has 4 heteroatoms. The summed E-state index contributed by atoms with van der Waals surface area (Å²) in [4.78, 5) is 19.6. The second-order valence-electron chi connectivity index (χ2n) is 5.79. The third-order valence-electron chi connectivity index (χ3n) is 3.84. The van der Waals surface area contributed by atoms with Gasteiger partial charge in [0, 0.05) is 6.54 Å². The number of aromatic amines is 1. The monoisotopic (exact) mass is 307 g/mol. The molecule has 0 radical (unpaired) electrons. The van der Waals surface area contributed by atoms with E-state index in [9.17, 15) is 4.79 Å². The van der Waals surface area contributed by atoms with Gasteiger partial charge in [-0.1, -0.05) is 36.4 Å². The molecule has 3 aromatic rings. The van der Waals surface area contributed by atoms with Crippen LogP contribution >= 0.6 is 0 Å². The van der Waals surface area contributed by atoms with Gasteiger partial charge in [-0.3, -0.25) is 4.79 Å². The highest BCUT2D eigenvalue weighted by Crippen LogP contribution is 2.14. The van der Waals surface area contributed by atoms with Crippen molar-refractivity contribution in [3.05, 3.63) is 65.5 Å². The quantitative estimate of drug-likeness (QED) is 0.687. The molecule has 23 heavy (non-hydrogen) atoms. The number of rotatable bonds is 6. The number of amides is 1. The van der Waals surface area contributed by atoms with Crippen LogP contribution in [0, 0.1) is 6.92 Å². The fourth-order valence-corrected chi connectivity index (χ4v) is 2.71. The lowest BCUT2D eigenvalue weighted by Crippen LogP contribution is -2.26. The van der Waals surface area contributed by atoms with Crippen LogP contribution in [0.2, 0.25) is 0 Å². The maximum atomic E-state index is 12.0. The minimum Gasteiger partial charge on any atom is -0.356 e. The molecule has 1 heterocycles. The Labute approximate surface area is 136 Å². The Bertz CT molecular complexity index is 793. The van der Waals surface area contributed by atoms with Gasteiger partial charge in [-0.25, -0.2) is 4.98 Å². The first-order valence-electron chi connectivity index (χ1n) is 7.96. The van der Waals surface area contributed by atoms with Gasteiger partial charge in [-0.05, 0) is 43.0 Å². The van der Waals surface area contributed by atoms with Crippen molar-refractivity contribution in [2.45, 2.75) is 26.2 Å². The smallest absolute Gasteiger partial charge is 0.224 e. The first kappa shape index (κ1) is 15.3. The SMILES string of the molecule is Cc1nc2ccc(CC(=O)NCCCc3ccccc3)cc2[nH]1. The van der Waals surface area contributed by atoms with E-state index >= 15 is 0 Å². The number of nitrogens with one attached hydrogen (secondary N) is 2. The van der Waals surface area contributed by atoms with Crippen molar-refractivity contribution < 1.29 is 4.79 Å². The van der Waals surface area contributed by atoms with Crippen molar-refractivity contribution in [3.8, 4) is 0 Å². The van der Waals surface area contributed by atoms with E-state index in [1.165, 1.54) is 5.56 Å². The zero-order chi connectivity index (χ0) is 16.1. The van der Waals surface area contributed by atoms with Crippen LogP contribution < -0.4 is 5.32 Å². The molecule has 1 aromatic heterocycles. The Morgan fingerprint density at radius 1 is 1.13 bits per heavy atom. The first-order valence-corrected chi connectivity index (χ1v) is 7.96. The molecule has 0 spiro atoms. The van der Waals surface area contributed by atoms with Gasteiger partial charge < -0.3 is 10.3 Å². The normalized spacial score (nSPS) is 10.8. The van der Waals surface area contributed by atoms with Crippen LogP contribution in [0.1, 0.15) is 23.4 Å². The number of hydrogen-bond donors (Lipinski definition) is 2. The van der Waals surface area contributed by atoms with Crippen LogP contribution in [0.15, 0.2) is 48.5 Å². The molecule has 118 valence electrons. The summed E-state index contributed by atoms with van der Waals surface area (Å²) in [7, 11) is 0. The van der Waals surface area contributed by atoms with Crippen LogP contribution in [0.5, 0.6) is 0 Å². The van der Waals surface area contributed by atoms with Gasteiger partial charge in [-0.15, -0.1) is 0 Å². The molecular weight excluding hydrogens is 286 g/mol. The van der Waals surface area contributed by atoms with Crippen LogP contribution in [-0.4, -0.2) is 22.4 Å². The zero-order valence-electron chi connectivity index (χ0n) is 13.3. The first-order chi connectivity index (χ1) is 11.2. The van der Waals surface area contributed by atoms with Gasteiger partial charge in [0.2, 0.25) is 5.91 Å². The summed E-state index contributed by atoms with van der Waals surface area (Å²) in [5.41, 5.74) is 4.23. The summed E-state index contributed by atoms with van der Waals surface area (Å²) in [6, 6.07) is 16.3. The molecule has 0 saturated carbocycles. The molecule has 0 unspecified atom stereocenters. The summed E-state index contributed by atoms with van der Waals surface area (Å²) >= 11 is 0. The third kappa shape index (κ3) is 4.19. The molecule has 1 amide bonds. The average molecular weight is 307 g/mol. The van der Waals surface area contributed by atoms with Crippen molar-refractivity contribution in [2.75, 3.05) is 6.54 Å². The number of hydrogen-bond acceptors (Lipinski definition) is 2. The molecule has 3 rings (SSSR count). The molecule has 0 aliphatic rings. The Morgan fingerprint density at radius 2 is 1.96 bits per heavy atom. The lowest BCUT2D eigenvalue weighted by atomic mass is 10.1. The largest absolute Gasteiger partial charge is 0.356 e. The number of fused-ring (bicyclic) bond motifs is 1. The molecule has 0 fully saturated rings. The molecule has 0 atom stereocenters. The summed E-state index contributed by atoms with van der Waals surface area (Å²) < 4.78 is 0. The second-order valence-corrected chi connectivity index (χ2v) is 5.79. The van der Waals surface area contributed by atoms with Crippen molar-refractivity contribution in [2.24, 2.45) is 0 Å². The molecular formula is C19H21N3O. The fourth-order valence-electron chi connectivity index (χ4n) is 2.71. The maximum Gasteiger partial charge on any atom is 0.224 e. The topological polar surface area (TPSA) is 57.8 Å². The predicted octanol–water partition coefficient (Wildman–Crippen LogP) is 3.16. The predicted molar refractivity (Wildman–Crippen MR) is 92.3 cm³/mol. The van der Waals surface area contributed by atoms with Gasteiger partial charge in [0.25, 0.3) is 0 Å². The molecule has 0 bridgehead atoms. The molecule has 0 aliphatic heterocycles. The minimum atomic E-state index is 0.0636. The standard InChI is InChI=1S/C19H21N3O/c1-14-21-17-10-9-16(12-18(17)22-14)13-19(23)20-11-5-8-15-6-3-2-4-7-15/h2-4,6-7,9-10,12H,5,8,11,13H2,1H3,(H,20,23)(H,21,22). The van der Waals surface area contributed by atoms with Crippen LogP contribution in [0.4, 0.5) is 0 Å². The number of benzene rings is 2. The van der Waals surface area contributed by atoms with E-state index < -0.39 is 0 Å². The van der Waals surface area contributed by atoms with Crippen LogP contribution in [0.25, 0.3) is 11.0 Å². The Kier molecular flexibility index (Phi) is 4.71. The number of imidazole rings is 1. The second kappa shape index (κ2) is 7.09. The average Bonchev–Trinajstić information content (AvgIpc) is 2.92. The van der Waals surface area contributed by atoms with E-state index in [0.717, 1.165) is 35.3 Å². The number of aromatic nitrogens is 2. The summed E-state index contributed by atoms with van der Waals surface area (Å²) in [5.74, 6) is 0.955. The number of carbonyl (C=O) groups is 1. The molecule has 0 saturated heterocycles. The molecule has 2 aromatic carbocycles. The maximum absolute atomic E-state index is 12.0. The van der Waals surface area contributed by atoms with E-state index in [2.05, 4.69) is 27.4 Å². The van der Waals surface area contributed by atoms with E-state index in [4.69, 9.17) is 0 Å². The highest BCUT2D eigenvalue weighted by molar-refractivity contribution is 5.81. The van der Waals surface area contributed by atoms with E-state index in [-0.39, 0.29) is 5.91 Å². The molecule has 4 nitrogen and oxygen atoms in total. The van der Waals surface area contributed by atoms with Crippen LogP contribution in [-0.2, 0) is 17.6 Å². The highest BCUT2D eigenvalue weighted by Gasteiger charge is 2.05. The lowest BCUT2D eigenvalue weighted by molar-refractivity contribution is -0.120. The number of aryl methyl sites for hydroxylation is 2. The Hall–Kier alpha value is -2.62. The summed E-state index contributed by atoms with van der Waals surface area (Å²) in [6.07, 6.45) is 2.34. The summed E-state index contributed by atoms with van der Waals surface area (Å²) in [6.45, 7) is 2.64. The Balaban J connectivity index is 1.46. The molecule has 2 N–H and O–H groups in total. The van der Waals surface area contributed by atoms with E-state index in [1.807, 2.05) is 43.3 Å². The molecule has 0 aliphatic carbocycles. The summed E-state index contributed by atoms with van der Waals surface area (Å²) in [5, 5.41) is 2.99. The number of H-pyrrole nitrogens is 1. The highest BCUT2D eigenvalue weighted by atomic mass is 16.1. The van der Waals surface area contributed by atoms with E-state index in [0.29, 0.717) is 13.0 Å². The van der Waals surface area contributed by atoms with Gasteiger partial charge in [0.1, 0.15) is 5.82 Å². The van der Waals surface area contributed by atoms with Gasteiger partial charge in [0.05, 0.1) is 17.5 Å². The zero-order valence-corrected chi connectivity index (χ0v) is 13.3. The Morgan fingerprint density at radius 3 is 2.78 bits per heavy atom. The number of nitrogens with zero attached hydrogens (tertiary/aromatic N) is 1. The van der Waals surface area contributed by atoms with Crippen molar-refractivity contribution >= 4 is 16.9 Å². The van der Waals surface area contributed by atoms with Crippen molar-refractivity contribution in [1.82, 2.24) is 15.3 Å². The van der Waals surface area contributed by atoms with E-state index in [1.54, 1.807) is 0 Å². The number of carbonyl (C=O) groups excluding carboxylic acids is 1. The van der Waals surface area contributed by atoms with Gasteiger partial charge in [-0.2, -0.15) is 0 Å². The van der Waals surface area contributed by atoms with Crippen molar-refractivity contribution in [3.63, 3.8) is 0 Å². The van der Waals surface area contributed by atoms with Gasteiger partial charge >= 0.3 is 0 Å². The van der Waals surface area contributed by atoms with Gasteiger partial charge in [0.15, 0.2) is 0 Å². The van der Waals surface area contributed by atoms with Crippen molar-refractivity contribution in [1.29, 1.82) is 0 Å². The fraction of sp³-hybridized carbons (Fsp3) is 0.263. The minimum absolute atomic E-state index is 0.0636. The lowest BCUT2D eigenvalue weighted by Gasteiger charge is -2.06. The van der Waals surface area contributed by atoms with Crippen LogP contribution in [0.3, 0.4) is 0 Å².